The van der Waals surface area contributed by atoms with Gasteiger partial charge >= 0.3 is 0 Å². The summed E-state index contributed by atoms with van der Waals surface area (Å²) in [7, 11) is 0. The number of hydrogen-bond acceptors (Lipinski definition) is 3. The maximum absolute atomic E-state index is 13.5. The Balaban J connectivity index is 2.27. The molecule has 0 amide bonds. The highest BCUT2D eigenvalue weighted by Crippen LogP contribution is 2.19. The lowest BCUT2D eigenvalue weighted by atomic mass is 10.2. The normalized spacial score (nSPS) is 10.2. The van der Waals surface area contributed by atoms with E-state index in [9.17, 15) is 4.39 Å². The molecule has 2 aromatic rings. The van der Waals surface area contributed by atoms with E-state index in [0.29, 0.717) is 11.5 Å². The van der Waals surface area contributed by atoms with Crippen molar-refractivity contribution < 1.29 is 4.39 Å². The van der Waals surface area contributed by atoms with E-state index in [0.717, 1.165) is 5.56 Å². The van der Waals surface area contributed by atoms with Crippen molar-refractivity contribution in [2.75, 3.05) is 5.32 Å². The van der Waals surface area contributed by atoms with Crippen LogP contribution in [0.15, 0.2) is 30.5 Å². The van der Waals surface area contributed by atoms with Crippen LogP contribution in [0.2, 0.25) is 5.28 Å². The summed E-state index contributed by atoms with van der Waals surface area (Å²) < 4.78 is 13.5. The van der Waals surface area contributed by atoms with Crippen molar-refractivity contribution in [2.45, 2.75) is 6.92 Å². The van der Waals surface area contributed by atoms with Gasteiger partial charge in [-0.2, -0.15) is 0 Å². The standard InChI is InChI=1S/C11H9ClFN3/c1-7-2-3-9(8(13)6-7)15-10-4-5-14-11(12)16-10/h2-6H,1H3,(H,14,15,16). The fourth-order valence-corrected chi connectivity index (χ4v) is 1.41. The number of aryl methyl sites for hydroxylation is 1. The van der Waals surface area contributed by atoms with Gasteiger partial charge in [-0.1, -0.05) is 6.07 Å². The molecule has 0 aliphatic rings. The summed E-state index contributed by atoms with van der Waals surface area (Å²) in [4.78, 5) is 7.65. The minimum Gasteiger partial charge on any atom is -0.338 e. The predicted molar refractivity (Wildman–Crippen MR) is 61.5 cm³/mol. The lowest BCUT2D eigenvalue weighted by molar-refractivity contribution is 0.630. The summed E-state index contributed by atoms with van der Waals surface area (Å²) in [5.41, 5.74) is 1.23. The molecule has 5 heteroatoms. The highest BCUT2D eigenvalue weighted by molar-refractivity contribution is 6.28. The van der Waals surface area contributed by atoms with Crippen LogP contribution >= 0.6 is 11.6 Å². The molecule has 3 nitrogen and oxygen atoms in total. The van der Waals surface area contributed by atoms with Crippen LogP contribution in [-0.4, -0.2) is 9.97 Å². The average Bonchev–Trinajstić information content (AvgIpc) is 2.22. The van der Waals surface area contributed by atoms with Crippen LogP contribution < -0.4 is 5.32 Å². The van der Waals surface area contributed by atoms with Crippen molar-refractivity contribution in [3.63, 3.8) is 0 Å². The highest BCUT2D eigenvalue weighted by Gasteiger charge is 2.03. The number of benzene rings is 1. The van der Waals surface area contributed by atoms with Gasteiger partial charge in [-0.25, -0.2) is 14.4 Å². The van der Waals surface area contributed by atoms with Gasteiger partial charge in [-0.15, -0.1) is 0 Å². The Labute approximate surface area is 97.3 Å². The van der Waals surface area contributed by atoms with E-state index in [-0.39, 0.29) is 11.1 Å². The van der Waals surface area contributed by atoms with Gasteiger partial charge in [0.2, 0.25) is 5.28 Å². The summed E-state index contributed by atoms with van der Waals surface area (Å²) in [5, 5.41) is 2.95. The van der Waals surface area contributed by atoms with Crippen molar-refractivity contribution in [2.24, 2.45) is 0 Å². The van der Waals surface area contributed by atoms with Crippen molar-refractivity contribution in [1.82, 2.24) is 9.97 Å². The largest absolute Gasteiger partial charge is 0.338 e. The zero-order valence-corrected chi connectivity index (χ0v) is 9.29. The zero-order chi connectivity index (χ0) is 11.5. The molecule has 0 radical (unpaired) electrons. The van der Waals surface area contributed by atoms with Gasteiger partial charge in [0.25, 0.3) is 0 Å². The van der Waals surface area contributed by atoms with Crippen molar-refractivity contribution in [1.29, 1.82) is 0 Å². The third-order valence-corrected chi connectivity index (χ3v) is 2.20. The molecule has 1 N–H and O–H groups in total. The Hall–Kier alpha value is -1.68. The number of aromatic nitrogens is 2. The van der Waals surface area contributed by atoms with Gasteiger partial charge in [0.15, 0.2) is 0 Å². The molecule has 0 saturated carbocycles. The third kappa shape index (κ3) is 2.46. The number of anilines is 2. The van der Waals surface area contributed by atoms with E-state index in [4.69, 9.17) is 11.6 Å². The van der Waals surface area contributed by atoms with E-state index < -0.39 is 0 Å². The Bertz CT molecular complexity index is 516. The minimum atomic E-state index is -0.324. The molecule has 0 fully saturated rings. The summed E-state index contributed by atoms with van der Waals surface area (Å²) in [6.07, 6.45) is 1.50. The SMILES string of the molecule is Cc1ccc(Nc2ccnc(Cl)n2)c(F)c1. The fraction of sp³-hybridized carbons (Fsp3) is 0.0909. The average molecular weight is 238 g/mol. The lowest BCUT2D eigenvalue weighted by Gasteiger charge is -2.06. The Kier molecular flexibility index (Phi) is 3.01. The molecule has 16 heavy (non-hydrogen) atoms. The van der Waals surface area contributed by atoms with Crippen molar-refractivity contribution in [3.8, 4) is 0 Å². The summed E-state index contributed by atoms with van der Waals surface area (Å²) in [5.74, 6) is 0.137. The van der Waals surface area contributed by atoms with E-state index in [1.54, 1.807) is 12.1 Å². The minimum absolute atomic E-state index is 0.123. The maximum Gasteiger partial charge on any atom is 0.224 e. The molecule has 0 aliphatic heterocycles. The number of rotatable bonds is 2. The maximum atomic E-state index is 13.5. The predicted octanol–water partition coefficient (Wildman–Crippen LogP) is 3.32. The molecule has 1 aromatic heterocycles. The zero-order valence-electron chi connectivity index (χ0n) is 8.54. The van der Waals surface area contributed by atoms with Gasteiger partial charge in [0.1, 0.15) is 11.6 Å². The van der Waals surface area contributed by atoms with Crippen LogP contribution in [0.3, 0.4) is 0 Å². The highest BCUT2D eigenvalue weighted by atomic mass is 35.5. The van der Waals surface area contributed by atoms with Crippen LogP contribution in [0.4, 0.5) is 15.9 Å². The van der Waals surface area contributed by atoms with Crippen molar-refractivity contribution in [3.05, 3.63) is 47.1 Å². The summed E-state index contributed by atoms with van der Waals surface area (Å²) >= 11 is 5.62. The Morgan fingerprint density at radius 1 is 1.31 bits per heavy atom. The number of hydrogen-bond donors (Lipinski definition) is 1. The first kappa shape index (κ1) is 10.8. The summed E-state index contributed by atoms with van der Waals surface area (Å²) in [6, 6.07) is 6.53. The van der Waals surface area contributed by atoms with Crippen LogP contribution in [0.5, 0.6) is 0 Å². The van der Waals surface area contributed by atoms with Gasteiger partial charge in [0.05, 0.1) is 5.69 Å². The molecule has 82 valence electrons. The molecular formula is C11H9ClFN3. The first-order valence-corrected chi connectivity index (χ1v) is 5.04. The molecule has 2 rings (SSSR count). The van der Waals surface area contributed by atoms with Gasteiger partial charge in [-0.05, 0) is 42.3 Å². The fourth-order valence-electron chi connectivity index (χ4n) is 1.26. The number of nitrogens with one attached hydrogen (secondary N) is 1. The molecule has 0 unspecified atom stereocenters. The van der Waals surface area contributed by atoms with Crippen LogP contribution in [-0.2, 0) is 0 Å². The van der Waals surface area contributed by atoms with Gasteiger partial charge < -0.3 is 5.32 Å². The lowest BCUT2D eigenvalue weighted by Crippen LogP contribution is -1.97. The number of nitrogens with zero attached hydrogens (tertiary/aromatic N) is 2. The smallest absolute Gasteiger partial charge is 0.224 e. The second kappa shape index (κ2) is 4.45. The molecule has 0 spiro atoms. The second-order valence-electron chi connectivity index (χ2n) is 3.32. The van der Waals surface area contributed by atoms with Gasteiger partial charge in [0, 0.05) is 6.20 Å². The monoisotopic (exact) mass is 237 g/mol. The second-order valence-corrected chi connectivity index (χ2v) is 3.66. The molecule has 0 saturated heterocycles. The molecule has 0 aliphatic carbocycles. The Morgan fingerprint density at radius 2 is 2.12 bits per heavy atom. The van der Waals surface area contributed by atoms with E-state index in [1.807, 2.05) is 13.0 Å². The molecule has 1 aromatic carbocycles. The first-order valence-electron chi connectivity index (χ1n) is 4.67. The van der Waals surface area contributed by atoms with Gasteiger partial charge in [-0.3, -0.25) is 0 Å². The molecule has 1 heterocycles. The molecule has 0 bridgehead atoms. The molecule has 0 atom stereocenters. The van der Waals surface area contributed by atoms with Crippen molar-refractivity contribution >= 4 is 23.1 Å². The molecular weight excluding hydrogens is 229 g/mol. The first-order chi connectivity index (χ1) is 7.65. The van der Waals surface area contributed by atoms with E-state index in [2.05, 4.69) is 15.3 Å². The quantitative estimate of drug-likeness (QED) is 0.815. The van der Waals surface area contributed by atoms with E-state index in [1.165, 1.54) is 12.3 Å². The number of halogens is 2. The van der Waals surface area contributed by atoms with Crippen LogP contribution in [0.1, 0.15) is 5.56 Å². The Morgan fingerprint density at radius 3 is 2.81 bits per heavy atom. The summed E-state index contributed by atoms with van der Waals surface area (Å²) in [6.45, 7) is 1.83. The third-order valence-electron chi connectivity index (χ3n) is 2.01. The van der Waals surface area contributed by atoms with Crippen LogP contribution in [0.25, 0.3) is 0 Å². The van der Waals surface area contributed by atoms with Crippen LogP contribution in [0, 0.1) is 12.7 Å². The topological polar surface area (TPSA) is 37.8 Å². The van der Waals surface area contributed by atoms with E-state index >= 15 is 0 Å².